The number of aromatic nitrogens is 3. The molecule has 0 fully saturated rings. The molecule has 4 rings (SSSR count). The lowest BCUT2D eigenvalue weighted by Gasteiger charge is -2.26. The number of pyridine rings is 1. The Labute approximate surface area is 165 Å². The van der Waals surface area contributed by atoms with Gasteiger partial charge < -0.3 is 9.64 Å². The standard InChI is InChI=1S/C19H19N5O3S/c1-11-22-23-19(28-11)21-16(25)10-27-18(26)17-12-5-3-4-6-14(12)20-15-7-8-24(2)9-13(15)17/h3-6H,7-10H2,1-2H3,(H,21,23,25). The van der Waals surface area contributed by atoms with Crippen molar-refractivity contribution in [3.05, 3.63) is 46.1 Å². The number of hydrogen-bond acceptors (Lipinski definition) is 8. The van der Waals surface area contributed by atoms with E-state index in [1.54, 1.807) is 6.92 Å². The molecule has 28 heavy (non-hydrogen) atoms. The van der Waals surface area contributed by atoms with E-state index in [2.05, 4.69) is 20.4 Å². The molecule has 1 aromatic carbocycles. The van der Waals surface area contributed by atoms with Crippen LogP contribution in [0.4, 0.5) is 5.13 Å². The predicted molar refractivity (Wildman–Crippen MR) is 105 cm³/mol. The number of amides is 1. The number of ether oxygens (including phenoxy) is 1. The van der Waals surface area contributed by atoms with E-state index in [9.17, 15) is 9.59 Å². The van der Waals surface area contributed by atoms with Crippen molar-refractivity contribution in [1.82, 2.24) is 20.1 Å². The van der Waals surface area contributed by atoms with Gasteiger partial charge >= 0.3 is 5.97 Å². The third kappa shape index (κ3) is 3.71. The molecule has 144 valence electrons. The number of aryl methyl sites for hydroxylation is 1. The van der Waals surface area contributed by atoms with Crippen LogP contribution in [0.15, 0.2) is 24.3 Å². The SMILES string of the molecule is Cc1nnc(NC(=O)COC(=O)c2c3c(nc4ccccc24)CCN(C)C3)s1. The highest BCUT2D eigenvalue weighted by atomic mass is 32.1. The van der Waals surface area contributed by atoms with Gasteiger partial charge in [-0.3, -0.25) is 15.1 Å². The lowest BCUT2D eigenvalue weighted by atomic mass is 9.96. The van der Waals surface area contributed by atoms with Gasteiger partial charge in [0.1, 0.15) is 5.01 Å². The monoisotopic (exact) mass is 397 g/mol. The van der Waals surface area contributed by atoms with Crippen molar-refractivity contribution >= 4 is 39.2 Å². The summed E-state index contributed by atoms with van der Waals surface area (Å²) in [5.41, 5.74) is 3.04. The fourth-order valence-corrected chi connectivity index (χ4v) is 3.87. The van der Waals surface area contributed by atoms with Crippen LogP contribution < -0.4 is 5.32 Å². The minimum absolute atomic E-state index is 0.381. The van der Waals surface area contributed by atoms with Crippen molar-refractivity contribution in [2.24, 2.45) is 0 Å². The number of rotatable bonds is 4. The molecule has 0 spiro atoms. The van der Waals surface area contributed by atoms with E-state index in [4.69, 9.17) is 9.72 Å². The van der Waals surface area contributed by atoms with Crippen molar-refractivity contribution in [3.8, 4) is 0 Å². The fourth-order valence-electron chi connectivity index (χ4n) is 3.26. The second kappa shape index (κ2) is 7.61. The molecule has 1 N–H and O–H groups in total. The molecule has 3 heterocycles. The number of esters is 1. The number of fused-ring (bicyclic) bond motifs is 2. The van der Waals surface area contributed by atoms with Crippen LogP contribution in [0.3, 0.4) is 0 Å². The van der Waals surface area contributed by atoms with Crippen LogP contribution in [0, 0.1) is 6.92 Å². The Morgan fingerprint density at radius 3 is 2.89 bits per heavy atom. The van der Waals surface area contributed by atoms with Crippen molar-refractivity contribution in [1.29, 1.82) is 0 Å². The topological polar surface area (TPSA) is 97.3 Å². The summed E-state index contributed by atoms with van der Waals surface area (Å²) in [6.45, 7) is 2.91. The normalized spacial score (nSPS) is 13.9. The van der Waals surface area contributed by atoms with Gasteiger partial charge in [0.15, 0.2) is 6.61 Å². The maximum absolute atomic E-state index is 12.9. The largest absolute Gasteiger partial charge is 0.452 e. The molecule has 0 aliphatic carbocycles. The van der Waals surface area contributed by atoms with Gasteiger partial charge in [-0.05, 0) is 20.0 Å². The molecule has 1 aliphatic heterocycles. The molecule has 0 saturated heterocycles. The zero-order valence-electron chi connectivity index (χ0n) is 15.6. The number of nitrogens with zero attached hydrogens (tertiary/aromatic N) is 4. The molecule has 3 aromatic rings. The van der Waals surface area contributed by atoms with Crippen molar-refractivity contribution in [2.75, 3.05) is 25.5 Å². The van der Waals surface area contributed by atoms with Crippen LogP contribution in [-0.2, 0) is 22.5 Å². The van der Waals surface area contributed by atoms with Crippen molar-refractivity contribution < 1.29 is 14.3 Å². The Morgan fingerprint density at radius 1 is 1.29 bits per heavy atom. The quantitative estimate of drug-likeness (QED) is 0.674. The smallest absolute Gasteiger partial charge is 0.339 e. The van der Waals surface area contributed by atoms with Gasteiger partial charge in [-0.1, -0.05) is 29.5 Å². The van der Waals surface area contributed by atoms with Crippen LogP contribution in [0.2, 0.25) is 0 Å². The Morgan fingerprint density at radius 2 is 2.11 bits per heavy atom. The zero-order chi connectivity index (χ0) is 19.7. The fraction of sp³-hybridized carbons (Fsp3) is 0.316. The second-order valence-corrected chi connectivity index (χ2v) is 7.85. The van der Waals surface area contributed by atoms with Gasteiger partial charge in [0.05, 0.1) is 11.1 Å². The van der Waals surface area contributed by atoms with Gasteiger partial charge in [0.2, 0.25) is 5.13 Å². The number of nitrogens with one attached hydrogen (secondary N) is 1. The summed E-state index contributed by atoms with van der Waals surface area (Å²) < 4.78 is 5.34. The number of benzene rings is 1. The summed E-state index contributed by atoms with van der Waals surface area (Å²) in [6, 6.07) is 7.50. The van der Waals surface area contributed by atoms with E-state index in [0.717, 1.165) is 40.1 Å². The molecule has 1 amide bonds. The Kier molecular flexibility index (Phi) is 5.01. The zero-order valence-corrected chi connectivity index (χ0v) is 16.4. The highest BCUT2D eigenvalue weighted by Gasteiger charge is 2.25. The van der Waals surface area contributed by atoms with Gasteiger partial charge in [0.25, 0.3) is 5.91 Å². The lowest BCUT2D eigenvalue weighted by Crippen LogP contribution is -2.30. The molecular weight excluding hydrogens is 378 g/mol. The van der Waals surface area contributed by atoms with Crippen LogP contribution >= 0.6 is 11.3 Å². The van der Waals surface area contributed by atoms with E-state index >= 15 is 0 Å². The summed E-state index contributed by atoms with van der Waals surface area (Å²) in [4.78, 5) is 31.9. The minimum atomic E-state index is -0.520. The molecule has 0 radical (unpaired) electrons. The Hall–Kier alpha value is -2.91. The Bertz CT molecular complexity index is 1060. The van der Waals surface area contributed by atoms with Crippen LogP contribution in [0.1, 0.15) is 26.6 Å². The van der Waals surface area contributed by atoms with E-state index in [0.29, 0.717) is 17.2 Å². The first-order valence-corrected chi connectivity index (χ1v) is 9.69. The molecule has 0 atom stereocenters. The first kappa shape index (κ1) is 18.5. The number of hydrogen-bond donors (Lipinski definition) is 1. The number of para-hydroxylation sites is 1. The maximum atomic E-state index is 12.9. The maximum Gasteiger partial charge on any atom is 0.339 e. The van der Waals surface area contributed by atoms with Crippen LogP contribution in [-0.4, -0.2) is 52.2 Å². The third-order valence-corrected chi connectivity index (χ3v) is 5.30. The van der Waals surface area contributed by atoms with Gasteiger partial charge in [0, 0.05) is 36.2 Å². The van der Waals surface area contributed by atoms with E-state index < -0.39 is 18.5 Å². The third-order valence-electron chi connectivity index (χ3n) is 4.55. The van der Waals surface area contributed by atoms with Gasteiger partial charge in [-0.25, -0.2) is 4.79 Å². The minimum Gasteiger partial charge on any atom is -0.452 e. The van der Waals surface area contributed by atoms with Gasteiger partial charge in [-0.2, -0.15) is 0 Å². The summed E-state index contributed by atoms with van der Waals surface area (Å²) in [5, 5.41) is 12.1. The highest BCUT2D eigenvalue weighted by Crippen LogP contribution is 2.28. The van der Waals surface area contributed by atoms with E-state index in [-0.39, 0.29) is 0 Å². The number of carbonyl (C=O) groups is 2. The second-order valence-electron chi connectivity index (χ2n) is 6.67. The molecule has 1 aliphatic rings. The predicted octanol–water partition coefficient (Wildman–Crippen LogP) is 2.18. The van der Waals surface area contributed by atoms with Crippen molar-refractivity contribution in [3.63, 3.8) is 0 Å². The molecule has 8 nitrogen and oxygen atoms in total. The summed E-state index contributed by atoms with van der Waals surface area (Å²) in [5.74, 6) is -0.970. The molecular formula is C19H19N5O3S. The molecule has 0 bridgehead atoms. The molecule has 2 aromatic heterocycles. The Balaban J connectivity index is 1.58. The average Bonchev–Trinajstić information content (AvgIpc) is 3.09. The first-order valence-electron chi connectivity index (χ1n) is 8.87. The van der Waals surface area contributed by atoms with Crippen LogP contribution in [0.5, 0.6) is 0 Å². The first-order chi connectivity index (χ1) is 13.5. The number of likely N-dealkylation sites (N-methyl/N-ethyl adjacent to an activating group) is 1. The summed E-state index contributed by atoms with van der Waals surface area (Å²) >= 11 is 1.26. The van der Waals surface area contributed by atoms with Crippen molar-refractivity contribution in [2.45, 2.75) is 19.9 Å². The molecule has 0 unspecified atom stereocenters. The van der Waals surface area contributed by atoms with Gasteiger partial charge in [-0.15, -0.1) is 10.2 Å². The number of anilines is 1. The molecule has 9 heteroatoms. The summed E-state index contributed by atoms with van der Waals surface area (Å²) in [6.07, 6.45) is 0.772. The van der Waals surface area contributed by atoms with E-state index in [1.807, 2.05) is 31.3 Å². The lowest BCUT2D eigenvalue weighted by molar-refractivity contribution is -0.119. The number of carbonyl (C=O) groups excluding carboxylic acids is 2. The molecule has 0 saturated carbocycles. The highest BCUT2D eigenvalue weighted by molar-refractivity contribution is 7.15. The van der Waals surface area contributed by atoms with Crippen LogP contribution in [0.25, 0.3) is 10.9 Å². The average molecular weight is 397 g/mol. The van der Waals surface area contributed by atoms with E-state index in [1.165, 1.54) is 11.3 Å². The summed E-state index contributed by atoms with van der Waals surface area (Å²) in [7, 11) is 2.00.